The monoisotopic (exact) mass is 292 g/mol. The largest absolute Gasteiger partial charge is 0.477 e. The van der Waals surface area contributed by atoms with Crippen LogP contribution < -0.4 is 0 Å². The predicted molar refractivity (Wildman–Crippen MR) is 76.3 cm³/mol. The number of carbonyl (C=O) groups is 2. The summed E-state index contributed by atoms with van der Waals surface area (Å²) in [6.45, 7) is 5.07. The number of aromatic carboxylic acids is 1. The molecule has 2 rings (SSSR count). The van der Waals surface area contributed by atoms with Crippen molar-refractivity contribution in [2.24, 2.45) is 0 Å². The van der Waals surface area contributed by atoms with E-state index in [1.165, 1.54) is 6.07 Å². The number of ether oxygens (including phenoxy) is 1. The quantitative estimate of drug-likeness (QED) is 0.895. The van der Waals surface area contributed by atoms with Crippen LogP contribution in [-0.2, 0) is 4.74 Å². The zero-order valence-electron chi connectivity index (χ0n) is 12.3. The summed E-state index contributed by atoms with van der Waals surface area (Å²) < 4.78 is 5.60. The minimum absolute atomic E-state index is 0.0372. The van der Waals surface area contributed by atoms with E-state index in [0.29, 0.717) is 13.2 Å². The predicted octanol–water partition coefficient (Wildman–Crippen LogP) is 1.81. The van der Waals surface area contributed by atoms with Gasteiger partial charge in [-0.1, -0.05) is 6.07 Å². The van der Waals surface area contributed by atoms with Gasteiger partial charge in [0.2, 0.25) is 0 Å². The lowest BCUT2D eigenvalue weighted by atomic mass is 10.2. The molecule has 0 bridgehead atoms. The van der Waals surface area contributed by atoms with Crippen LogP contribution in [0, 0.1) is 0 Å². The Hall–Kier alpha value is -1.95. The highest BCUT2D eigenvalue weighted by Gasteiger charge is 2.30. The third-order valence-electron chi connectivity index (χ3n) is 3.45. The molecule has 1 aliphatic heterocycles. The SMILES string of the molecule is CC(C)OCC1CCCN1C(=O)c1cccc(C(=O)O)n1. The van der Waals surface area contributed by atoms with E-state index in [0.717, 1.165) is 12.8 Å². The number of rotatable bonds is 5. The van der Waals surface area contributed by atoms with Gasteiger partial charge in [0.15, 0.2) is 0 Å². The number of hydrogen-bond acceptors (Lipinski definition) is 4. The second-order valence-electron chi connectivity index (χ2n) is 5.39. The molecule has 1 atom stereocenters. The Balaban J connectivity index is 2.11. The van der Waals surface area contributed by atoms with Gasteiger partial charge in [0.1, 0.15) is 11.4 Å². The van der Waals surface area contributed by atoms with Gasteiger partial charge >= 0.3 is 5.97 Å². The summed E-state index contributed by atoms with van der Waals surface area (Å²) in [7, 11) is 0. The van der Waals surface area contributed by atoms with Gasteiger partial charge < -0.3 is 14.7 Å². The molecule has 0 aromatic carbocycles. The number of carbonyl (C=O) groups excluding carboxylic acids is 1. The second kappa shape index (κ2) is 6.67. The maximum Gasteiger partial charge on any atom is 0.354 e. The van der Waals surface area contributed by atoms with E-state index < -0.39 is 5.97 Å². The molecule has 0 aliphatic carbocycles. The Morgan fingerprint density at radius 3 is 2.81 bits per heavy atom. The van der Waals surface area contributed by atoms with E-state index in [-0.39, 0.29) is 29.4 Å². The molecule has 6 heteroatoms. The minimum Gasteiger partial charge on any atom is -0.477 e. The topological polar surface area (TPSA) is 79.7 Å². The molecule has 1 unspecified atom stereocenters. The first-order chi connectivity index (χ1) is 9.99. The van der Waals surface area contributed by atoms with E-state index >= 15 is 0 Å². The molecule has 0 spiro atoms. The molecule has 6 nitrogen and oxygen atoms in total. The summed E-state index contributed by atoms with van der Waals surface area (Å²) in [5.41, 5.74) is 0.0568. The molecule has 1 aliphatic rings. The van der Waals surface area contributed by atoms with Crippen molar-refractivity contribution in [3.8, 4) is 0 Å². The van der Waals surface area contributed by atoms with Gasteiger partial charge in [-0.3, -0.25) is 4.79 Å². The lowest BCUT2D eigenvalue weighted by Gasteiger charge is -2.25. The van der Waals surface area contributed by atoms with Crippen LogP contribution in [0.1, 0.15) is 47.7 Å². The number of amides is 1. The van der Waals surface area contributed by atoms with Gasteiger partial charge in [-0.2, -0.15) is 0 Å². The van der Waals surface area contributed by atoms with Gasteiger partial charge in [-0.05, 0) is 38.8 Å². The summed E-state index contributed by atoms with van der Waals surface area (Å²) in [5, 5.41) is 8.95. The van der Waals surface area contributed by atoms with Crippen LogP contribution in [0.25, 0.3) is 0 Å². The number of aromatic nitrogens is 1. The Bertz CT molecular complexity index is 530. The highest BCUT2D eigenvalue weighted by molar-refractivity contribution is 5.94. The molecule has 2 heterocycles. The summed E-state index contributed by atoms with van der Waals surface area (Å²) in [6.07, 6.45) is 1.95. The highest BCUT2D eigenvalue weighted by atomic mass is 16.5. The van der Waals surface area contributed by atoms with Crippen LogP contribution in [0.3, 0.4) is 0 Å². The Labute approximate surface area is 123 Å². The average molecular weight is 292 g/mol. The Morgan fingerprint density at radius 2 is 2.14 bits per heavy atom. The standard InChI is InChI=1S/C15H20N2O4/c1-10(2)21-9-11-5-4-8-17(11)14(18)12-6-3-7-13(16-12)15(19)20/h3,6-7,10-11H,4-5,8-9H2,1-2H3,(H,19,20). The van der Waals surface area contributed by atoms with Crippen LogP contribution >= 0.6 is 0 Å². The molecule has 0 radical (unpaired) electrons. The van der Waals surface area contributed by atoms with Crippen molar-refractivity contribution in [3.05, 3.63) is 29.6 Å². The molecule has 1 aromatic rings. The van der Waals surface area contributed by atoms with Crippen LogP contribution in [0.2, 0.25) is 0 Å². The number of likely N-dealkylation sites (tertiary alicyclic amines) is 1. The molecule has 1 amide bonds. The number of carboxylic acids is 1. The minimum atomic E-state index is -1.13. The second-order valence-corrected chi connectivity index (χ2v) is 5.39. The maximum atomic E-state index is 12.5. The van der Waals surface area contributed by atoms with E-state index in [9.17, 15) is 9.59 Å². The molecule has 1 N–H and O–H groups in total. The van der Waals surface area contributed by atoms with Crippen LogP contribution in [0.15, 0.2) is 18.2 Å². The molecule has 21 heavy (non-hydrogen) atoms. The Kier molecular flexibility index (Phi) is 4.90. The Morgan fingerprint density at radius 1 is 1.43 bits per heavy atom. The number of pyridine rings is 1. The zero-order chi connectivity index (χ0) is 15.4. The lowest BCUT2D eigenvalue weighted by molar-refractivity contribution is 0.0323. The molecular weight excluding hydrogens is 272 g/mol. The molecule has 0 saturated carbocycles. The molecule has 1 aromatic heterocycles. The molecule has 1 fully saturated rings. The van der Waals surface area contributed by atoms with E-state index in [1.807, 2.05) is 13.8 Å². The number of nitrogens with zero attached hydrogens (tertiary/aromatic N) is 2. The van der Waals surface area contributed by atoms with Gasteiger partial charge in [-0.25, -0.2) is 9.78 Å². The summed E-state index contributed by atoms with van der Waals surface area (Å²) >= 11 is 0. The fourth-order valence-electron chi connectivity index (χ4n) is 2.40. The van der Waals surface area contributed by atoms with Crippen molar-refractivity contribution in [3.63, 3.8) is 0 Å². The zero-order valence-corrected chi connectivity index (χ0v) is 12.3. The smallest absolute Gasteiger partial charge is 0.354 e. The third-order valence-corrected chi connectivity index (χ3v) is 3.45. The van der Waals surface area contributed by atoms with Crippen molar-refractivity contribution in [1.82, 2.24) is 9.88 Å². The van der Waals surface area contributed by atoms with Crippen molar-refractivity contribution < 1.29 is 19.4 Å². The third kappa shape index (κ3) is 3.78. The maximum absolute atomic E-state index is 12.5. The van der Waals surface area contributed by atoms with Crippen molar-refractivity contribution in [1.29, 1.82) is 0 Å². The summed E-state index contributed by atoms with van der Waals surface area (Å²) in [4.78, 5) is 29.1. The lowest BCUT2D eigenvalue weighted by Crippen LogP contribution is -2.39. The van der Waals surface area contributed by atoms with Crippen molar-refractivity contribution >= 4 is 11.9 Å². The van der Waals surface area contributed by atoms with E-state index in [1.54, 1.807) is 17.0 Å². The fraction of sp³-hybridized carbons (Fsp3) is 0.533. The van der Waals surface area contributed by atoms with Crippen LogP contribution in [0.4, 0.5) is 0 Å². The number of carboxylic acid groups (broad SMARTS) is 1. The molecule has 114 valence electrons. The highest BCUT2D eigenvalue weighted by Crippen LogP contribution is 2.20. The van der Waals surface area contributed by atoms with Crippen molar-refractivity contribution in [2.75, 3.05) is 13.2 Å². The normalized spacial score (nSPS) is 18.2. The van der Waals surface area contributed by atoms with Crippen molar-refractivity contribution in [2.45, 2.75) is 38.8 Å². The van der Waals surface area contributed by atoms with Gasteiger partial charge in [0.25, 0.3) is 5.91 Å². The molecule has 1 saturated heterocycles. The first kappa shape index (κ1) is 15.4. The fourth-order valence-corrected chi connectivity index (χ4v) is 2.40. The summed E-state index contributed by atoms with van der Waals surface area (Å²) in [5.74, 6) is -1.36. The van der Waals surface area contributed by atoms with Crippen LogP contribution in [0.5, 0.6) is 0 Å². The first-order valence-electron chi connectivity index (χ1n) is 7.12. The van der Waals surface area contributed by atoms with Gasteiger partial charge in [0.05, 0.1) is 18.8 Å². The van der Waals surface area contributed by atoms with E-state index in [2.05, 4.69) is 4.98 Å². The van der Waals surface area contributed by atoms with Gasteiger partial charge in [-0.15, -0.1) is 0 Å². The van der Waals surface area contributed by atoms with Gasteiger partial charge in [0, 0.05) is 6.54 Å². The van der Waals surface area contributed by atoms with E-state index in [4.69, 9.17) is 9.84 Å². The first-order valence-corrected chi connectivity index (χ1v) is 7.12. The molecular formula is C15H20N2O4. The number of hydrogen-bond donors (Lipinski definition) is 1. The average Bonchev–Trinajstić information content (AvgIpc) is 2.92. The summed E-state index contributed by atoms with van der Waals surface area (Å²) in [6, 6.07) is 4.50. The van der Waals surface area contributed by atoms with Crippen LogP contribution in [-0.4, -0.2) is 52.2 Å².